The maximum absolute atomic E-state index is 16.3. The van der Waals surface area contributed by atoms with E-state index < -0.39 is 7.14 Å². The maximum atomic E-state index is 16.3. The molecule has 0 aliphatic heterocycles. The second-order valence-corrected chi connectivity index (χ2v) is 17.4. The summed E-state index contributed by atoms with van der Waals surface area (Å²) in [6, 6.07) is 2.35. The quantitative estimate of drug-likeness (QED) is 0.480. The van der Waals surface area contributed by atoms with Crippen LogP contribution in [0, 0.1) is 35.5 Å². The molecule has 8 aliphatic rings. The summed E-state index contributed by atoms with van der Waals surface area (Å²) in [6.45, 7) is 0. The standard InChI is InChI=1S/C26H38NOPS/c1-27(2)24-23(3-4-30-24)29(28,25-11-17-5-18(12-25)7-19(6-17)13-25)26-14-20-8-21(15-26)10-22(9-20)16-26/h3-4,17-22H,5-16H2,1-2H3. The van der Waals surface area contributed by atoms with Crippen LogP contribution < -0.4 is 10.2 Å². The minimum Gasteiger partial charge on any atom is -0.369 e. The first-order valence-corrected chi connectivity index (χ1v) is 15.3. The number of hydrogen-bond acceptors (Lipinski definition) is 3. The van der Waals surface area contributed by atoms with Crippen molar-refractivity contribution in [1.29, 1.82) is 0 Å². The molecule has 0 amide bonds. The Morgan fingerprint density at radius 1 is 0.767 bits per heavy atom. The minimum absolute atomic E-state index is 0.138. The Labute approximate surface area is 186 Å². The molecule has 9 rings (SSSR count). The predicted octanol–water partition coefficient (Wildman–Crippen LogP) is 6.74. The van der Waals surface area contributed by atoms with Crippen molar-refractivity contribution in [1.82, 2.24) is 0 Å². The zero-order valence-corrected chi connectivity index (χ0v) is 20.5. The molecule has 0 saturated heterocycles. The van der Waals surface area contributed by atoms with Gasteiger partial charge in [0.1, 0.15) is 12.1 Å². The summed E-state index contributed by atoms with van der Waals surface area (Å²) in [5, 5.41) is 5.20. The van der Waals surface area contributed by atoms with Gasteiger partial charge in [-0.1, -0.05) is 0 Å². The van der Waals surface area contributed by atoms with Gasteiger partial charge in [-0.3, -0.25) is 0 Å². The molecule has 30 heavy (non-hydrogen) atoms. The highest BCUT2D eigenvalue weighted by Gasteiger charge is 2.69. The molecule has 1 aromatic heterocycles. The fourth-order valence-corrected chi connectivity index (χ4v) is 18.0. The summed E-state index contributed by atoms with van der Waals surface area (Å²) in [4.78, 5) is 2.29. The first-order valence-electron chi connectivity index (χ1n) is 12.8. The largest absolute Gasteiger partial charge is 0.369 e. The van der Waals surface area contributed by atoms with Crippen LogP contribution in [0.2, 0.25) is 0 Å². The van der Waals surface area contributed by atoms with E-state index in [-0.39, 0.29) is 10.3 Å². The van der Waals surface area contributed by atoms with Crippen LogP contribution in [-0.2, 0) is 4.57 Å². The Kier molecular flexibility index (Phi) is 3.97. The number of hydrogen-bond donors (Lipinski definition) is 0. The monoisotopic (exact) mass is 443 g/mol. The van der Waals surface area contributed by atoms with E-state index in [1.807, 2.05) is 11.3 Å². The van der Waals surface area contributed by atoms with Crippen LogP contribution >= 0.6 is 18.5 Å². The van der Waals surface area contributed by atoms with E-state index in [0.717, 1.165) is 35.5 Å². The fraction of sp³-hybridized carbons (Fsp3) is 0.846. The average Bonchev–Trinajstić information content (AvgIpc) is 3.15. The summed E-state index contributed by atoms with van der Waals surface area (Å²) in [6.07, 6.45) is 16.4. The van der Waals surface area contributed by atoms with Crippen molar-refractivity contribution < 1.29 is 4.57 Å². The smallest absolute Gasteiger partial charge is 0.130 e. The lowest BCUT2D eigenvalue weighted by atomic mass is 9.55. The Balaban J connectivity index is 1.45. The average molecular weight is 444 g/mol. The summed E-state index contributed by atoms with van der Waals surface area (Å²) < 4.78 is 16.3. The highest BCUT2D eigenvalue weighted by Crippen LogP contribution is 2.83. The van der Waals surface area contributed by atoms with Gasteiger partial charge in [0, 0.05) is 29.7 Å². The maximum Gasteiger partial charge on any atom is 0.130 e. The molecule has 4 heteroatoms. The lowest BCUT2D eigenvalue weighted by molar-refractivity contribution is 0.0145. The zero-order valence-electron chi connectivity index (χ0n) is 18.8. The van der Waals surface area contributed by atoms with Gasteiger partial charge in [-0.15, -0.1) is 11.3 Å². The SMILES string of the molecule is CN(C)c1sccc1P(=O)(C12CC3CC(CC(C3)C1)C2)C12CC3CC(CC(C3)C1)C2. The van der Waals surface area contributed by atoms with Gasteiger partial charge in [-0.2, -0.15) is 0 Å². The first-order chi connectivity index (χ1) is 14.4. The molecule has 0 N–H and O–H groups in total. The molecule has 8 fully saturated rings. The minimum atomic E-state index is -2.55. The van der Waals surface area contributed by atoms with Crippen LogP contribution in [-0.4, -0.2) is 24.4 Å². The fourth-order valence-electron chi connectivity index (χ4n) is 10.8. The molecule has 0 unspecified atom stereocenters. The Hall–Kier alpha value is -0.270. The van der Waals surface area contributed by atoms with Crippen LogP contribution in [0.15, 0.2) is 11.4 Å². The van der Waals surface area contributed by atoms with Gasteiger partial charge in [0.25, 0.3) is 0 Å². The van der Waals surface area contributed by atoms with E-state index in [1.165, 1.54) is 87.4 Å². The van der Waals surface area contributed by atoms with Crippen LogP contribution in [0.25, 0.3) is 0 Å². The van der Waals surface area contributed by atoms with Gasteiger partial charge < -0.3 is 9.46 Å². The summed E-state index contributed by atoms with van der Waals surface area (Å²) in [5.41, 5.74) is 0. The van der Waals surface area contributed by atoms with E-state index in [1.54, 1.807) is 0 Å². The van der Waals surface area contributed by atoms with Crippen molar-refractivity contribution in [3.63, 3.8) is 0 Å². The Morgan fingerprint density at radius 3 is 1.47 bits per heavy atom. The molecule has 8 saturated carbocycles. The van der Waals surface area contributed by atoms with Gasteiger partial charge in [-0.05, 0) is 124 Å². The number of anilines is 1. The number of rotatable bonds is 4. The third kappa shape index (κ3) is 2.35. The van der Waals surface area contributed by atoms with Crippen molar-refractivity contribution >= 4 is 28.8 Å². The van der Waals surface area contributed by atoms with Crippen LogP contribution in [0.1, 0.15) is 77.0 Å². The lowest BCUT2D eigenvalue weighted by Gasteiger charge is -2.66. The van der Waals surface area contributed by atoms with E-state index in [2.05, 4.69) is 30.4 Å². The predicted molar refractivity (Wildman–Crippen MR) is 128 cm³/mol. The highest BCUT2D eigenvalue weighted by molar-refractivity contribution is 7.75. The van der Waals surface area contributed by atoms with Crippen molar-refractivity contribution in [3.8, 4) is 0 Å². The zero-order chi connectivity index (χ0) is 20.3. The summed E-state index contributed by atoms with van der Waals surface area (Å²) >= 11 is 1.85. The second kappa shape index (κ2) is 6.19. The van der Waals surface area contributed by atoms with Crippen LogP contribution in [0.3, 0.4) is 0 Å². The van der Waals surface area contributed by atoms with E-state index in [9.17, 15) is 0 Å². The van der Waals surface area contributed by atoms with Gasteiger partial charge in [0.2, 0.25) is 0 Å². The normalized spacial score (nSPS) is 50.1. The number of nitrogens with zero attached hydrogens (tertiary/aromatic N) is 1. The summed E-state index contributed by atoms with van der Waals surface area (Å²) in [7, 11) is 1.81. The van der Waals surface area contributed by atoms with Crippen LogP contribution in [0.4, 0.5) is 5.00 Å². The van der Waals surface area contributed by atoms with E-state index >= 15 is 4.57 Å². The topological polar surface area (TPSA) is 20.3 Å². The Bertz CT molecular complexity index is 797. The molecule has 0 atom stereocenters. The van der Waals surface area contributed by atoms with Crippen molar-refractivity contribution in [2.24, 2.45) is 35.5 Å². The van der Waals surface area contributed by atoms with Gasteiger partial charge in [0.05, 0.1) is 0 Å². The third-order valence-corrected chi connectivity index (χ3v) is 16.8. The molecule has 0 aromatic carbocycles. The van der Waals surface area contributed by atoms with Crippen molar-refractivity contribution in [2.45, 2.75) is 87.4 Å². The number of thiophene rings is 1. The molecule has 0 radical (unpaired) electrons. The van der Waals surface area contributed by atoms with Crippen molar-refractivity contribution in [2.75, 3.05) is 19.0 Å². The molecule has 8 aliphatic carbocycles. The van der Waals surface area contributed by atoms with Gasteiger partial charge >= 0.3 is 0 Å². The second-order valence-electron chi connectivity index (χ2n) is 12.9. The van der Waals surface area contributed by atoms with E-state index in [0.29, 0.717) is 0 Å². The lowest BCUT2D eigenvalue weighted by Crippen LogP contribution is -2.59. The first kappa shape index (κ1) is 19.2. The molecule has 1 aromatic rings. The molecule has 164 valence electrons. The Morgan fingerprint density at radius 2 is 1.13 bits per heavy atom. The van der Waals surface area contributed by atoms with Gasteiger partial charge in [-0.25, -0.2) is 0 Å². The molecule has 2 nitrogen and oxygen atoms in total. The molecular weight excluding hydrogens is 405 g/mol. The molecule has 8 bridgehead atoms. The van der Waals surface area contributed by atoms with Crippen molar-refractivity contribution in [3.05, 3.63) is 11.4 Å². The molecule has 1 heterocycles. The molecule has 0 spiro atoms. The summed E-state index contributed by atoms with van der Waals surface area (Å²) in [5.74, 6) is 5.25. The third-order valence-electron chi connectivity index (χ3n) is 10.7. The van der Waals surface area contributed by atoms with E-state index in [4.69, 9.17) is 0 Å². The molecular formula is C26H38NOPS. The van der Waals surface area contributed by atoms with Gasteiger partial charge in [0.15, 0.2) is 0 Å². The van der Waals surface area contributed by atoms with Crippen LogP contribution in [0.5, 0.6) is 0 Å². The highest BCUT2D eigenvalue weighted by atomic mass is 32.1.